The predicted molar refractivity (Wildman–Crippen MR) is 137 cm³/mol. The van der Waals surface area contributed by atoms with Gasteiger partial charge in [-0.05, 0) is 48.6 Å². The van der Waals surface area contributed by atoms with Crippen molar-refractivity contribution >= 4 is 29.1 Å². The molecule has 3 atom stereocenters. The van der Waals surface area contributed by atoms with Crippen molar-refractivity contribution in [3.63, 3.8) is 0 Å². The van der Waals surface area contributed by atoms with E-state index in [4.69, 9.17) is 4.74 Å². The molecule has 2 aromatic heterocycles. The van der Waals surface area contributed by atoms with Crippen molar-refractivity contribution in [3.8, 4) is 16.3 Å². The molecule has 4 heterocycles. The van der Waals surface area contributed by atoms with E-state index in [9.17, 15) is 23.9 Å². The summed E-state index contributed by atoms with van der Waals surface area (Å²) in [6, 6.07) is 7.26. The topological polar surface area (TPSA) is 117 Å². The van der Waals surface area contributed by atoms with Crippen LogP contribution in [0.5, 0.6) is 5.75 Å². The monoisotopic (exact) mass is 541 g/mol. The summed E-state index contributed by atoms with van der Waals surface area (Å²) < 4.78 is 21.3. The van der Waals surface area contributed by atoms with Crippen molar-refractivity contribution in [2.75, 3.05) is 26.7 Å². The number of carbonyl (C=O) groups is 3. The number of hydrogen-bond acceptors (Lipinski definition) is 7. The van der Waals surface area contributed by atoms with Crippen molar-refractivity contribution in [1.82, 2.24) is 24.9 Å². The minimum atomic E-state index is -1.02. The number of aliphatic hydroxyl groups excluding tert-OH is 1. The number of aliphatic hydroxyl groups is 1. The van der Waals surface area contributed by atoms with E-state index in [1.54, 1.807) is 26.2 Å². The Morgan fingerprint density at radius 1 is 1.24 bits per heavy atom. The molecule has 2 aliphatic heterocycles. The summed E-state index contributed by atoms with van der Waals surface area (Å²) in [5.74, 6) is -1.30. The van der Waals surface area contributed by atoms with E-state index in [1.165, 1.54) is 44.0 Å². The quantitative estimate of drug-likeness (QED) is 0.512. The third-order valence-electron chi connectivity index (χ3n) is 6.86. The fourth-order valence-corrected chi connectivity index (χ4v) is 5.62. The highest BCUT2D eigenvalue weighted by Gasteiger charge is 2.39. The molecule has 1 aromatic carbocycles. The van der Waals surface area contributed by atoms with E-state index in [2.05, 4.69) is 10.4 Å². The molecule has 3 aromatic rings. The zero-order chi connectivity index (χ0) is 27.0. The van der Waals surface area contributed by atoms with Gasteiger partial charge in [0.25, 0.3) is 11.8 Å². The number of aromatic nitrogens is 2. The number of halogens is 1. The molecule has 0 aliphatic carbocycles. The number of hydrogen-bond donors (Lipinski definition) is 2. The first kappa shape index (κ1) is 25.9. The van der Waals surface area contributed by atoms with Gasteiger partial charge in [0.15, 0.2) is 0 Å². The van der Waals surface area contributed by atoms with Gasteiger partial charge in [-0.25, -0.2) is 4.39 Å². The highest BCUT2D eigenvalue weighted by Crippen LogP contribution is 2.36. The second-order valence-electron chi connectivity index (χ2n) is 9.55. The molecule has 3 amide bonds. The molecule has 0 spiro atoms. The Labute approximate surface area is 222 Å². The Kier molecular flexibility index (Phi) is 7.17. The van der Waals surface area contributed by atoms with Crippen molar-refractivity contribution in [3.05, 3.63) is 58.9 Å². The van der Waals surface area contributed by atoms with Gasteiger partial charge in [-0.3, -0.25) is 19.1 Å². The van der Waals surface area contributed by atoms with Gasteiger partial charge in [0, 0.05) is 32.7 Å². The molecule has 1 fully saturated rings. The molecular weight excluding hydrogens is 513 g/mol. The number of thiophene rings is 1. The van der Waals surface area contributed by atoms with Crippen LogP contribution in [-0.2, 0) is 11.8 Å². The van der Waals surface area contributed by atoms with E-state index in [0.717, 1.165) is 10.9 Å². The van der Waals surface area contributed by atoms with Crippen LogP contribution in [0, 0.1) is 5.82 Å². The number of fused-ring (bicyclic) bond motifs is 5. The summed E-state index contributed by atoms with van der Waals surface area (Å²) in [7, 11) is 3.30. The minimum Gasteiger partial charge on any atom is -0.490 e. The number of nitrogens with zero attached hydrogens (tertiary/aromatic N) is 4. The van der Waals surface area contributed by atoms with Crippen LogP contribution in [0.15, 0.2) is 41.8 Å². The largest absolute Gasteiger partial charge is 0.490 e. The van der Waals surface area contributed by atoms with Crippen molar-refractivity contribution in [1.29, 1.82) is 0 Å². The summed E-state index contributed by atoms with van der Waals surface area (Å²) in [6.45, 7) is 0.379. The van der Waals surface area contributed by atoms with Crippen LogP contribution < -0.4 is 10.1 Å². The van der Waals surface area contributed by atoms with Gasteiger partial charge in [-0.1, -0.05) is 6.07 Å². The van der Waals surface area contributed by atoms with E-state index in [0.29, 0.717) is 23.6 Å². The van der Waals surface area contributed by atoms with Gasteiger partial charge in [0.2, 0.25) is 5.91 Å². The zero-order valence-electron chi connectivity index (χ0n) is 21.0. The molecule has 10 nitrogen and oxygen atoms in total. The van der Waals surface area contributed by atoms with Crippen LogP contribution in [-0.4, -0.2) is 87.3 Å². The van der Waals surface area contributed by atoms with Crippen molar-refractivity contribution in [2.24, 2.45) is 7.05 Å². The zero-order valence-corrected chi connectivity index (χ0v) is 21.8. The minimum absolute atomic E-state index is 0.0758. The van der Waals surface area contributed by atoms with Crippen molar-refractivity contribution in [2.45, 2.75) is 31.0 Å². The molecular formula is C26H28FN5O5S. The molecule has 200 valence electrons. The fourth-order valence-electron chi connectivity index (χ4n) is 4.83. The van der Waals surface area contributed by atoms with Crippen LogP contribution in [0.1, 0.15) is 33.7 Å². The average molecular weight is 542 g/mol. The summed E-state index contributed by atoms with van der Waals surface area (Å²) in [5, 5.41) is 19.5. The molecule has 2 N–H and O–H groups in total. The molecule has 2 aliphatic rings. The van der Waals surface area contributed by atoms with Crippen LogP contribution in [0.3, 0.4) is 0 Å². The van der Waals surface area contributed by atoms with Gasteiger partial charge in [0.05, 0.1) is 17.0 Å². The average Bonchev–Trinajstić information content (AvgIpc) is 3.61. The molecule has 0 radical (unpaired) electrons. The van der Waals surface area contributed by atoms with E-state index in [1.807, 2.05) is 5.38 Å². The van der Waals surface area contributed by atoms with Crippen LogP contribution in [0.2, 0.25) is 0 Å². The Morgan fingerprint density at radius 3 is 2.84 bits per heavy atom. The van der Waals surface area contributed by atoms with Gasteiger partial charge in [-0.15, -0.1) is 11.3 Å². The van der Waals surface area contributed by atoms with Crippen molar-refractivity contribution < 1.29 is 28.6 Å². The lowest BCUT2D eigenvalue weighted by atomic mass is 10.1. The number of carbonyl (C=O) groups excluding carboxylic acids is 3. The number of aryl methyl sites for hydroxylation is 1. The number of amides is 3. The highest BCUT2D eigenvalue weighted by molar-refractivity contribution is 7.14. The fraction of sp³-hybridized carbons (Fsp3) is 0.385. The second-order valence-corrected chi connectivity index (χ2v) is 10.5. The van der Waals surface area contributed by atoms with Crippen LogP contribution in [0.25, 0.3) is 10.6 Å². The molecule has 2 bridgehead atoms. The molecule has 5 rings (SSSR count). The third-order valence-corrected chi connectivity index (χ3v) is 7.78. The lowest BCUT2D eigenvalue weighted by molar-refractivity contribution is -0.135. The molecule has 12 heteroatoms. The van der Waals surface area contributed by atoms with Crippen LogP contribution >= 0.6 is 11.3 Å². The first-order valence-corrected chi connectivity index (χ1v) is 13.1. The summed E-state index contributed by atoms with van der Waals surface area (Å²) in [5.41, 5.74) is 1.04. The molecule has 0 saturated carbocycles. The molecule has 1 saturated heterocycles. The Balaban J connectivity index is 1.48. The maximum atomic E-state index is 13.7. The third kappa shape index (κ3) is 5.14. The first-order chi connectivity index (χ1) is 18.2. The highest BCUT2D eigenvalue weighted by atomic mass is 32.1. The SMILES string of the molecule is CN1CC[C@H](NC(=O)c2cccc(F)c2)C(=O)N2C[C@@H](O)C[C@H]2COc2ccsc2-c2cc(n(C)n2)C1=O. The van der Waals surface area contributed by atoms with E-state index < -0.39 is 35.8 Å². The Bertz CT molecular complexity index is 1370. The predicted octanol–water partition coefficient (Wildman–Crippen LogP) is 1.90. The van der Waals surface area contributed by atoms with Gasteiger partial charge < -0.3 is 25.0 Å². The number of ether oxygens (including phenoxy) is 1. The van der Waals surface area contributed by atoms with E-state index in [-0.39, 0.29) is 37.6 Å². The summed E-state index contributed by atoms with van der Waals surface area (Å²) in [4.78, 5) is 43.7. The Morgan fingerprint density at radius 2 is 2.05 bits per heavy atom. The first-order valence-electron chi connectivity index (χ1n) is 12.3. The lowest BCUT2D eigenvalue weighted by Crippen LogP contribution is -2.52. The number of benzene rings is 1. The van der Waals surface area contributed by atoms with Gasteiger partial charge >= 0.3 is 0 Å². The number of nitrogens with one attached hydrogen (secondary N) is 1. The number of rotatable bonds is 2. The smallest absolute Gasteiger partial charge is 0.271 e. The van der Waals surface area contributed by atoms with Gasteiger partial charge in [-0.2, -0.15) is 5.10 Å². The maximum Gasteiger partial charge on any atom is 0.271 e. The normalized spacial score (nSPS) is 22.3. The van der Waals surface area contributed by atoms with Gasteiger partial charge in [0.1, 0.15) is 35.6 Å². The Hall–Kier alpha value is -3.77. The van der Waals surface area contributed by atoms with E-state index >= 15 is 0 Å². The second kappa shape index (κ2) is 10.5. The maximum absolute atomic E-state index is 13.7. The summed E-state index contributed by atoms with van der Waals surface area (Å²) in [6.07, 6.45) is -0.307. The molecule has 38 heavy (non-hydrogen) atoms. The molecule has 0 unspecified atom stereocenters. The summed E-state index contributed by atoms with van der Waals surface area (Å²) >= 11 is 1.43. The standard InChI is InChI=1S/C26H28FN5O5S/c1-30-8-6-19(28-24(34)15-4-3-5-16(27)10-15)25(35)32-13-18(33)11-17(32)14-37-22-7-9-38-23(22)20-12-21(26(30)36)31(2)29-20/h3-5,7,9-10,12,17-19,33H,6,8,11,13-14H2,1-2H3,(H,28,34)/t17-,18-,19-/m0/s1. The van der Waals surface area contributed by atoms with Crippen LogP contribution in [0.4, 0.5) is 4.39 Å². The lowest BCUT2D eigenvalue weighted by Gasteiger charge is -2.30.